The predicted octanol–water partition coefficient (Wildman–Crippen LogP) is 3.02. The van der Waals surface area contributed by atoms with Gasteiger partial charge in [-0.05, 0) is 23.8 Å². The maximum atomic E-state index is 12.3. The van der Waals surface area contributed by atoms with Crippen molar-refractivity contribution in [2.45, 2.75) is 13.1 Å². The number of aromatic nitrogens is 4. The van der Waals surface area contributed by atoms with Crippen LogP contribution in [0.2, 0.25) is 0 Å². The van der Waals surface area contributed by atoms with E-state index >= 15 is 0 Å². The minimum atomic E-state index is -0.332. The molecule has 0 bridgehead atoms. The van der Waals surface area contributed by atoms with E-state index in [1.54, 1.807) is 33.8 Å². The molecule has 7 nitrogen and oxygen atoms in total. The van der Waals surface area contributed by atoms with Gasteiger partial charge < -0.3 is 9.73 Å². The highest BCUT2D eigenvalue weighted by atomic mass is 16.4. The number of nitrogens with zero attached hydrogens (tertiary/aromatic N) is 4. The van der Waals surface area contributed by atoms with E-state index in [4.69, 9.17) is 4.42 Å². The summed E-state index contributed by atoms with van der Waals surface area (Å²) in [6, 6.07) is 17.0. The van der Waals surface area contributed by atoms with Crippen LogP contribution in [0.15, 0.2) is 77.6 Å². The highest BCUT2D eigenvalue weighted by Gasteiger charge is 2.13. The maximum absolute atomic E-state index is 12.3. The Labute approximate surface area is 149 Å². The van der Waals surface area contributed by atoms with E-state index in [9.17, 15) is 4.79 Å². The van der Waals surface area contributed by atoms with Crippen molar-refractivity contribution in [1.29, 1.82) is 0 Å². The standard InChI is InChI=1S/C19H17N5O2/c25-19(17-8-7-16(26-17)14-23-11-4-10-20-23)21-18-9-12-24(22-18)13-15-5-2-1-3-6-15/h1-12H,13-14H2,(H,21,22,25). The number of carbonyl (C=O) groups excluding carboxylic acids is 1. The lowest BCUT2D eigenvalue weighted by atomic mass is 10.2. The Hall–Kier alpha value is -3.61. The summed E-state index contributed by atoms with van der Waals surface area (Å²) < 4.78 is 9.09. The molecule has 26 heavy (non-hydrogen) atoms. The summed E-state index contributed by atoms with van der Waals surface area (Å²) in [6.07, 6.45) is 5.36. The average Bonchev–Trinajstić information content (AvgIpc) is 3.39. The summed E-state index contributed by atoms with van der Waals surface area (Å²) in [4.78, 5) is 12.3. The zero-order valence-electron chi connectivity index (χ0n) is 13.9. The summed E-state index contributed by atoms with van der Waals surface area (Å²) >= 11 is 0. The fraction of sp³-hybridized carbons (Fsp3) is 0.105. The highest BCUT2D eigenvalue weighted by molar-refractivity contribution is 6.01. The third kappa shape index (κ3) is 3.72. The summed E-state index contributed by atoms with van der Waals surface area (Å²) in [5, 5.41) is 11.2. The molecule has 4 aromatic rings. The first-order valence-electron chi connectivity index (χ1n) is 8.21. The second kappa shape index (κ2) is 7.10. The lowest BCUT2D eigenvalue weighted by Crippen LogP contribution is -2.12. The van der Waals surface area contributed by atoms with Gasteiger partial charge in [0.2, 0.25) is 0 Å². The fourth-order valence-electron chi connectivity index (χ4n) is 2.60. The van der Waals surface area contributed by atoms with Crippen LogP contribution in [0.3, 0.4) is 0 Å². The molecule has 4 rings (SSSR count). The van der Waals surface area contributed by atoms with Gasteiger partial charge >= 0.3 is 0 Å². The van der Waals surface area contributed by atoms with Crippen molar-refractivity contribution in [1.82, 2.24) is 19.6 Å². The van der Waals surface area contributed by atoms with Gasteiger partial charge in [0, 0.05) is 24.7 Å². The molecule has 0 atom stereocenters. The first-order chi connectivity index (χ1) is 12.8. The molecule has 0 spiro atoms. The molecule has 7 heteroatoms. The van der Waals surface area contributed by atoms with Crippen molar-refractivity contribution in [2.75, 3.05) is 5.32 Å². The van der Waals surface area contributed by atoms with Crippen molar-refractivity contribution in [3.63, 3.8) is 0 Å². The summed E-state index contributed by atoms with van der Waals surface area (Å²) in [7, 11) is 0. The topological polar surface area (TPSA) is 77.9 Å². The van der Waals surface area contributed by atoms with E-state index < -0.39 is 0 Å². The molecule has 0 aliphatic heterocycles. The molecule has 1 amide bonds. The fourth-order valence-corrected chi connectivity index (χ4v) is 2.60. The molecule has 0 radical (unpaired) electrons. The van der Waals surface area contributed by atoms with Crippen LogP contribution in [-0.4, -0.2) is 25.5 Å². The quantitative estimate of drug-likeness (QED) is 0.581. The third-order valence-electron chi connectivity index (χ3n) is 3.83. The van der Waals surface area contributed by atoms with E-state index in [0.717, 1.165) is 5.56 Å². The van der Waals surface area contributed by atoms with E-state index in [1.165, 1.54) is 0 Å². The van der Waals surface area contributed by atoms with E-state index in [-0.39, 0.29) is 11.7 Å². The van der Waals surface area contributed by atoms with Gasteiger partial charge in [-0.2, -0.15) is 10.2 Å². The molecule has 0 saturated carbocycles. The number of hydrogen-bond donors (Lipinski definition) is 1. The monoisotopic (exact) mass is 347 g/mol. The van der Waals surface area contributed by atoms with Gasteiger partial charge in [0.1, 0.15) is 5.76 Å². The van der Waals surface area contributed by atoms with Crippen LogP contribution < -0.4 is 5.32 Å². The molecule has 130 valence electrons. The number of benzene rings is 1. The van der Waals surface area contributed by atoms with Crippen molar-refractivity contribution >= 4 is 11.7 Å². The van der Waals surface area contributed by atoms with E-state index in [0.29, 0.717) is 24.7 Å². The van der Waals surface area contributed by atoms with Crippen LogP contribution in [0.4, 0.5) is 5.82 Å². The van der Waals surface area contributed by atoms with Crippen LogP contribution in [0.1, 0.15) is 21.9 Å². The van der Waals surface area contributed by atoms with Crippen molar-refractivity contribution in [3.05, 3.63) is 90.3 Å². The zero-order chi connectivity index (χ0) is 17.8. The number of carbonyl (C=O) groups is 1. The van der Waals surface area contributed by atoms with Crippen LogP contribution in [0, 0.1) is 0 Å². The van der Waals surface area contributed by atoms with Crippen LogP contribution in [0.25, 0.3) is 0 Å². The number of nitrogens with one attached hydrogen (secondary N) is 1. The molecule has 0 fully saturated rings. The molecular weight excluding hydrogens is 330 g/mol. The number of furan rings is 1. The Morgan fingerprint density at radius 1 is 0.962 bits per heavy atom. The summed E-state index contributed by atoms with van der Waals surface area (Å²) in [5.74, 6) is 1.05. The molecule has 3 heterocycles. The Morgan fingerprint density at radius 2 is 1.85 bits per heavy atom. The SMILES string of the molecule is O=C(Nc1ccn(Cc2ccccc2)n1)c1ccc(Cn2cccn2)o1. The van der Waals surface area contributed by atoms with Gasteiger partial charge in [-0.1, -0.05) is 30.3 Å². The van der Waals surface area contributed by atoms with Gasteiger partial charge in [0.05, 0.1) is 13.1 Å². The Balaban J connectivity index is 1.38. The van der Waals surface area contributed by atoms with Crippen LogP contribution in [-0.2, 0) is 13.1 Å². The minimum Gasteiger partial charge on any atom is -0.454 e. The molecule has 0 aliphatic rings. The molecule has 1 N–H and O–H groups in total. The van der Waals surface area contributed by atoms with E-state index in [1.807, 2.05) is 48.8 Å². The number of rotatable bonds is 6. The molecule has 0 unspecified atom stereocenters. The second-order valence-electron chi connectivity index (χ2n) is 5.81. The van der Waals surface area contributed by atoms with Crippen LogP contribution >= 0.6 is 0 Å². The Kier molecular flexibility index (Phi) is 4.34. The number of hydrogen-bond acceptors (Lipinski definition) is 4. The molecular formula is C19H17N5O2. The first kappa shape index (κ1) is 15.9. The van der Waals surface area contributed by atoms with E-state index in [2.05, 4.69) is 15.5 Å². The van der Waals surface area contributed by atoms with Crippen molar-refractivity contribution in [2.24, 2.45) is 0 Å². The first-order valence-corrected chi connectivity index (χ1v) is 8.21. The van der Waals surface area contributed by atoms with Gasteiger partial charge in [-0.25, -0.2) is 0 Å². The molecule has 3 aromatic heterocycles. The lowest BCUT2D eigenvalue weighted by molar-refractivity contribution is 0.0994. The Morgan fingerprint density at radius 3 is 2.65 bits per heavy atom. The molecule has 0 saturated heterocycles. The van der Waals surface area contributed by atoms with Gasteiger partial charge in [-0.3, -0.25) is 14.2 Å². The number of amides is 1. The van der Waals surface area contributed by atoms with Crippen molar-refractivity contribution < 1.29 is 9.21 Å². The van der Waals surface area contributed by atoms with Gasteiger partial charge in [0.15, 0.2) is 11.6 Å². The summed E-state index contributed by atoms with van der Waals surface area (Å²) in [6.45, 7) is 1.12. The normalized spacial score (nSPS) is 10.8. The lowest BCUT2D eigenvalue weighted by Gasteiger charge is -2.02. The highest BCUT2D eigenvalue weighted by Crippen LogP contribution is 2.12. The third-order valence-corrected chi connectivity index (χ3v) is 3.83. The Bertz CT molecular complexity index is 986. The molecule has 1 aromatic carbocycles. The number of anilines is 1. The summed E-state index contributed by atoms with van der Waals surface area (Å²) in [5.41, 5.74) is 1.14. The smallest absolute Gasteiger partial charge is 0.292 e. The largest absolute Gasteiger partial charge is 0.454 e. The predicted molar refractivity (Wildman–Crippen MR) is 95.8 cm³/mol. The van der Waals surface area contributed by atoms with Crippen LogP contribution in [0.5, 0.6) is 0 Å². The minimum absolute atomic E-state index is 0.241. The maximum Gasteiger partial charge on any atom is 0.292 e. The molecule has 0 aliphatic carbocycles. The zero-order valence-corrected chi connectivity index (χ0v) is 13.9. The van der Waals surface area contributed by atoms with Gasteiger partial charge in [0.25, 0.3) is 5.91 Å². The van der Waals surface area contributed by atoms with Crippen molar-refractivity contribution in [3.8, 4) is 0 Å². The average molecular weight is 347 g/mol. The second-order valence-corrected chi connectivity index (χ2v) is 5.81. The van der Waals surface area contributed by atoms with Gasteiger partial charge in [-0.15, -0.1) is 0 Å².